The number of rotatable bonds is 1. The summed E-state index contributed by atoms with van der Waals surface area (Å²) in [6.45, 7) is 4.22. The number of benzene rings is 2. The SMILES string of the molecule is Cc1cccc2c1CCC2N=[N+]=[N-].Cc1cccc2c1CCC2O. The van der Waals surface area contributed by atoms with Crippen LogP contribution in [0.3, 0.4) is 0 Å². The number of aliphatic hydroxyl groups excluding tert-OH is 1. The molecular formula is C20H23N3O. The zero-order valence-electron chi connectivity index (χ0n) is 14.2. The van der Waals surface area contributed by atoms with Crippen molar-refractivity contribution in [3.8, 4) is 0 Å². The number of nitrogens with zero attached hydrogens (tertiary/aromatic N) is 3. The second-order valence-corrected chi connectivity index (χ2v) is 6.60. The summed E-state index contributed by atoms with van der Waals surface area (Å²) in [5, 5.41) is 13.3. The molecule has 2 aromatic carbocycles. The average Bonchev–Trinajstić information content (AvgIpc) is 3.15. The van der Waals surface area contributed by atoms with Crippen molar-refractivity contribution in [2.45, 2.75) is 51.7 Å². The van der Waals surface area contributed by atoms with Gasteiger partial charge in [-0.1, -0.05) is 41.5 Å². The van der Waals surface area contributed by atoms with E-state index in [4.69, 9.17) is 5.53 Å². The van der Waals surface area contributed by atoms with Gasteiger partial charge in [-0.25, -0.2) is 0 Å². The van der Waals surface area contributed by atoms with Crippen LogP contribution in [-0.4, -0.2) is 5.11 Å². The molecule has 0 aliphatic heterocycles. The Morgan fingerprint density at radius 3 is 2.17 bits per heavy atom. The van der Waals surface area contributed by atoms with E-state index in [0.29, 0.717) is 0 Å². The lowest BCUT2D eigenvalue weighted by Crippen LogP contribution is -1.90. The standard InChI is InChI=1S/C10H11N3.C10H12O/c1-7-3-2-4-9-8(7)5-6-10(9)12-13-11;1-7-3-2-4-9-8(7)5-6-10(9)11/h2-4,10H,5-6H2,1H3;2-4,10-11H,5-6H2,1H3. The molecule has 4 rings (SSSR count). The largest absolute Gasteiger partial charge is 0.388 e. The molecule has 0 aromatic heterocycles. The zero-order valence-corrected chi connectivity index (χ0v) is 14.2. The molecular weight excluding hydrogens is 298 g/mol. The third kappa shape index (κ3) is 3.16. The molecule has 2 aliphatic rings. The van der Waals surface area contributed by atoms with Crippen LogP contribution in [0.5, 0.6) is 0 Å². The fraction of sp³-hybridized carbons (Fsp3) is 0.400. The van der Waals surface area contributed by atoms with Gasteiger partial charge in [-0.15, -0.1) is 0 Å². The second-order valence-electron chi connectivity index (χ2n) is 6.60. The van der Waals surface area contributed by atoms with Crippen LogP contribution in [0, 0.1) is 13.8 Å². The normalized spacial score (nSPS) is 20.5. The molecule has 0 bridgehead atoms. The molecule has 1 N–H and O–H groups in total. The van der Waals surface area contributed by atoms with Crippen molar-refractivity contribution in [1.82, 2.24) is 0 Å². The minimum absolute atomic E-state index is 0.0694. The number of hydrogen-bond acceptors (Lipinski definition) is 2. The van der Waals surface area contributed by atoms with Gasteiger partial charge in [-0.2, -0.15) is 0 Å². The van der Waals surface area contributed by atoms with Crippen molar-refractivity contribution in [3.63, 3.8) is 0 Å². The van der Waals surface area contributed by atoms with Gasteiger partial charge in [0.05, 0.1) is 12.1 Å². The summed E-state index contributed by atoms with van der Waals surface area (Å²) in [4.78, 5) is 2.87. The average molecular weight is 321 g/mol. The first-order valence-electron chi connectivity index (χ1n) is 8.51. The van der Waals surface area contributed by atoms with Gasteiger partial charge >= 0.3 is 0 Å². The minimum atomic E-state index is -0.204. The summed E-state index contributed by atoms with van der Waals surface area (Å²) in [5.74, 6) is 0. The molecule has 2 unspecified atom stereocenters. The molecule has 0 saturated carbocycles. The summed E-state index contributed by atoms with van der Waals surface area (Å²) < 4.78 is 0. The smallest absolute Gasteiger partial charge is 0.0796 e. The lowest BCUT2D eigenvalue weighted by molar-refractivity contribution is 0.180. The molecule has 2 atom stereocenters. The van der Waals surface area contributed by atoms with E-state index in [1.54, 1.807) is 0 Å². The number of fused-ring (bicyclic) bond motifs is 2. The summed E-state index contributed by atoms with van der Waals surface area (Å²) >= 11 is 0. The van der Waals surface area contributed by atoms with E-state index in [2.05, 4.69) is 42.1 Å². The highest BCUT2D eigenvalue weighted by Gasteiger charge is 2.22. The molecule has 24 heavy (non-hydrogen) atoms. The van der Waals surface area contributed by atoms with Crippen LogP contribution in [0.15, 0.2) is 41.5 Å². The third-order valence-corrected chi connectivity index (χ3v) is 5.14. The van der Waals surface area contributed by atoms with Crippen LogP contribution in [-0.2, 0) is 12.8 Å². The zero-order chi connectivity index (χ0) is 17.1. The van der Waals surface area contributed by atoms with Crippen molar-refractivity contribution >= 4 is 0 Å². The molecule has 0 heterocycles. The van der Waals surface area contributed by atoms with Gasteiger partial charge in [0.2, 0.25) is 0 Å². The lowest BCUT2D eigenvalue weighted by Gasteiger charge is -2.04. The maximum absolute atomic E-state index is 9.51. The van der Waals surface area contributed by atoms with E-state index in [-0.39, 0.29) is 12.1 Å². The molecule has 124 valence electrons. The van der Waals surface area contributed by atoms with Gasteiger partial charge < -0.3 is 5.11 Å². The second kappa shape index (κ2) is 7.08. The van der Waals surface area contributed by atoms with Crippen LogP contribution in [0.4, 0.5) is 0 Å². The number of hydrogen-bond donors (Lipinski definition) is 1. The Kier molecular flexibility index (Phi) is 4.89. The maximum Gasteiger partial charge on any atom is 0.0796 e. The third-order valence-electron chi connectivity index (χ3n) is 5.14. The van der Waals surface area contributed by atoms with Crippen molar-refractivity contribution in [2.24, 2.45) is 5.11 Å². The summed E-state index contributed by atoms with van der Waals surface area (Å²) in [7, 11) is 0. The number of azide groups is 1. The molecule has 2 aromatic rings. The number of aliphatic hydroxyl groups is 1. The fourth-order valence-corrected chi connectivity index (χ4v) is 3.81. The van der Waals surface area contributed by atoms with Crippen molar-refractivity contribution in [1.29, 1.82) is 0 Å². The van der Waals surface area contributed by atoms with Crippen LogP contribution in [0.1, 0.15) is 58.4 Å². The van der Waals surface area contributed by atoms with E-state index in [1.807, 2.05) is 18.2 Å². The number of aryl methyl sites for hydroxylation is 2. The highest BCUT2D eigenvalue weighted by atomic mass is 16.3. The molecule has 0 spiro atoms. The van der Waals surface area contributed by atoms with E-state index in [0.717, 1.165) is 31.2 Å². The van der Waals surface area contributed by atoms with Crippen LogP contribution in [0.2, 0.25) is 0 Å². The van der Waals surface area contributed by atoms with Crippen LogP contribution < -0.4 is 0 Å². The Morgan fingerprint density at radius 2 is 1.54 bits per heavy atom. The van der Waals surface area contributed by atoms with Crippen LogP contribution in [0.25, 0.3) is 10.4 Å². The first-order valence-corrected chi connectivity index (χ1v) is 8.51. The Labute approximate surface area is 142 Å². The van der Waals surface area contributed by atoms with Crippen molar-refractivity contribution in [2.75, 3.05) is 0 Å². The highest BCUT2D eigenvalue weighted by Crippen LogP contribution is 2.35. The quantitative estimate of drug-likeness (QED) is 0.434. The van der Waals surface area contributed by atoms with Crippen molar-refractivity contribution < 1.29 is 5.11 Å². The van der Waals surface area contributed by atoms with Gasteiger partial charge in [0.15, 0.2) is 0 Å². The molecule has 4 heteroatoms. The van der Waals surface area contributed by atoms with Crippen LogP contribution >= 0.6 is 0 Å². The van der Waals surface area contributed by atoms with E-state index in [9.17, 15) is 5.11 Å². The van der Waals surface area contributed by atoms with Gasteiger partial charge in [0.25, 0.3) is 0 Å². The molecule has 0 fully saturated rings. The molecule has 2 aliphatic carbocycles. The lowest BCUT2D eigenvalue weighted by atomic mass is 10.0. The summed E-state index contributed by atoms with van der Waals surface area (Å²) in [6.07, 6.45) is 3.75. The first-order chi connectivity index (χ1) is 11.6. The summed E-state index contributed by atoms with van der Waals surface area (Å²) in [5.41, 5.74) is 16.1. The highest BCUT2D eigenvalue weighted by molar-refractivity contribution is 5.40. The van der Waals surface area contributed by atoms with E-state index >= 15 is 0 Å². The van der Waals surface area contributed by atoms with E-state index < -0.39 is 0 Å². The van der Waals surface area contributed by atoms with Gasteiger partial charge in [0.1, 0.15) is 0 Å². The van der Waals surface area contributed by atoms with Crippen molar-refractivity contribution in [3.05, 3.63) is 80.2 Å². The Morgan fingerprint density at radius 1 is 0.958 bits per heavy atom. The Balaban J connectivity index is 0.000000143. The minimum Gasteiger partial charge on any atom is -0.388 e. The molecule has 0 radical (unpaired) electrons. The summed E-state index contributed by atoms with van der Waals surface area (Å²) in [6, 6.07) is 12.4. The van der Waals surface area contributed by atoms with E-state index in [1.165, 1.54) is 27.8 Å². The topological polar surface area (TPSA) is 69.0 Å². The predicted molar refractivity (Wildman–Crippen MR) is 95.8 cm³/mol. The van der Waals surface area contributed by atoms with Gasteiger partial charge in [-0.05, 0) is 78.4 Å². The Hall–Kier alpha value is -2.29. The van der Waals surface area contributed by atoms with Gasteiger partial charge in [0, 0.05) is 4.91 Å². The monoisotopic (exact) mass is 321 g/mol. The maximum atomic E-state index is 9.51. The fourth-order valence-electron chi connectivity index (χ4n) is 3.81. The first kappa shape index (κ1) is 16.6. The molecule has 0 saturated heterocycles. The van der Waals surface area contributed by atoms with Gasteiger partial charge in [-0.3, -0.25) is 0 Å². The predicted octanol–water partition coefficient (Wildman–Crippen LogP) is 5.27. The Bertz CT molecular complexity index is 793. The molecule has 0 amide bonds. The molecule has 4 nitrogen and oxygen atoms in total.